The number of thioether (sulfide) groups is 1. The molecule has 0 N–H and O–H groups in total. The highest BCUT2D eigenvalue weighted by Gasteiger charge is 2.13. The third kappa shape index (κ3) is 4.80. The van der Waals surface area contributed by atoms with Crippen molar-refractivity contribution in [2.45, 2.75) is 19.3 Å². The maximum atomic E-state index is 4.70. The van der Waals surface area contributed by atoms with Crippen LogP contribution in [0, 0.1) is 0 Å². The van der Waals surface area contributed by atoms with E-state index < -0.39 is 0 Å². The van der Waals surface area contributed by atoms with E-state index in [0.717, 1.165) is 30.1 Å². The van der Waals surface area contributed by atoms with Crippen LogP contribution in [0.1, 0.15) is 19.3 Å². The number of hydrogen-bond acceptors (Lipinski definition) is 3. The molecule has 20 heavy (non-hydrogen) atoms. The van der Waals surface area contributed by atoms with Gasteiger partial charge in [-0.05, 0) is 55.8 Å². The van der Waals surface area contributed by atoms with Crippen molar-refractivity contribution in [2.24, 2.45) is 4.99 Å². The molecule has 2 aliphatic rings. The summed E-state index contributed by atoms with van der Waals surface area (Å²) in [6.45, 7) is 8.51. The number of hydrogen-bond donors (Lipinski definition) is 0. The first-order chi connectivity index (χ1) is 9.79. The summed E-state index contributed by atoms with van der Waals surface area (Å²) in [7, 11) is 0. The molecular weight excluding hydrogens is 264 g/mol. The molecule has 108 valence electrons. The Morgan fingerprint density at radius 1 is 1.30 bits per heavy atom. The zero-order valence-corrected chi connectivity index (χ0v) is 13.2. The number of rotatable bonds is 3. The summed E-state index contributed by atoms with van der Waals surface area (Å²) in [5.74, 6) is 0. The molecule has 0 bridgehead atoms. The molecule has 3 heteroatoms. The summed E-state index contributed by atoms with van der Waals surface area (Å²) >= 11 is 1.74. The van der Waals surface area contributed by atoms with Gasteiger partial charge in [0.05, 0.1) is 11.6 Å². The average Bonchev–Trinajstić information content (AvgIpc) is 2.96. The zero-order valence-electron chi connectivity index (χ0n) is 12.3. The van der Waals surface area contributed by atoms with Crippen molar-refractivity contribution < 1.29 is 0 Å². The van der Waals surface area contributed by atoms with Crippen LogP contribution in [-0.2, 0) is 0 Å². The number of allylic oxidation sites excluding steroid dienone is 5. The molecule has 0 aromatic carbocycles. The van der Waals surface area contributed by atoms with Crippen LogP contribution in [0.3, 0.4) is 0 Å². The Morgan fingerprint density at radius 2 is 2.10 bits per heavy atom. The highest BCUT2D eigenvalue weighted by Crippen LogP contribution is 2.19. The molecule has 0 unspecified atom stereocenters. The fourth-order valence-electron chi connectivity index (χ4n) is 2.55. The largest absolute Gasteiger partial charge is 0.303 e. The van der Waals surface area contributed by atoms with Crippen LogP contribution in [-0.4, -0.2) is 42.4 Å². The first-order valence-corrected chi connectivity index (χ1v) is 8.56. The predicted molar refractivity (Wildman–Crippen MR) is 91.6 cm³/mol. The lowest BCUT2D eigenvalue weighted by molar-refractivity contribution is 0.345. The minimum Gasteiger partial charge on any atom is -0.303 e. The van der Waals surface area contributed by atoms with Crippen molar-refractivity contribution in [1.29, 1.82) is 0 Å². The van der Waals surface area contributed by atoms with Gasteiger partial charge in [-0.3, -0.25) is 4.99 Å². The van der Waals surface area contributed by atoms with Gasteiger partial charge in [0.25, 0.3) is 0 Å². The van der Waals surface area contributed by atoms with E-state index in [2.05, 4.69) is 36.0 Å². The molecule has 0 aromatic heterocycles. The predicted octanol–water partition coefficient (Wildman–Crippen LogP) is 3.84. The Balaban J connectivity index is 2.09. The molecule has 0 spiro atoms. The third-order valence-corrected chi connectivity index (χ3v) is 4.40. The first-order valence-electron chi connectivity index (χ1n) is 7.33. The van der Waals surface area contributed by atoms with Crippen LogP contribution in [0.4, 0.5) is 0 Å². The number of nitrogens with zero attached hydrogens (tertiary/aromatic N) is 2. The van der Waals surface area contributed by atoms with Crippen LogP contribution < -0.4 is 0 Å². The van der Waals surface area contributed by atoms with E-state index in [0.29, 0.717) is 0 Å². The Labute approximate surface area is 127 Å². The lowest BCUT2D eigenvalue weighted by Gasteiger charge is -2.17. The molecule has 0 saturated carbocycles. The van der Waals surface area contributed by atoms with Gasteiger partial charge in [-0.1, -0.05) is 30.9 Å². The number of aliphatic imine (C=N–C) groups is 1. The summed E-state index contributed by atoms with van der Waals surface area (Å²) in [5.41, 5.74) is 2.38. The van der Waals surface area contributed by atoms with Crippen molar-refractivity contribution in [3.05, 3.63) is 48.1 Å². The molecular formula is C17H24N2S. The van der Waals surface area contributed by atoms with Crippen molar-refractivity contribution in [2.75, 3.05) is 32.4 Å². The molecule has 0 atom stereocenters. The van der Waals surface area contributed by atoms with Crippen LogP contribution in [0.15, 0.2) is 53.1 Å². The van der Waals surface area contributed by atoms with E-state index in [1.54, 1.807) is 11.8 Å². The van der Waals surface area contributed by atoms with E-state index in [-0.39, 0.29) is 0 Å². The van der Waals surface area contributed by atoms with Crippen LogP contribution in [0.5, 0.6) is 0 Å². The molecule has 2 heterocycles. The molecule has 2 rings (SSSR count). The maximum Gasteiger partial charge on any atom is 0.0938 e. The normalized spacial score (nSPS) is 26.8. The lowest BCUT2D eigenvalue weighted by atomic mass is 10.1. The highest BCUT2D eigenvalue weighted by atomic mass is 32.2. The minimum absolute atomic E-state index is 0.758. The van der Waals surface area contributed by atoms with Gasteiger partial charge in [0.15, 0.2) is 0 Å². The van der Waals surface area contributed by atoms with Crippen molar-refractivity contribution in [3.8, 4) is 0 Å². The van der Waals surface area contributed by atoms with Gasteiger partial charge in [0.1, 0.15) is 0 Å². The van der Waals surface area contributed by atoms with Gasteiger partial charge in [0.2, 0.25) is 0 Å². The van der Waals surface area contributed by atoms with Crippen LogP contribution in [0.25, 0.3) is 0 Å². The van der Waals surface area contributed by atoms with E-state index in [1.807, 2.05) is 12.2 Å². The van der Waals surface area contributed by atoms with Gasteiger partial charge in [-0.15, -0.1) is 11.8 Å². The monoisotopic (exact) mass is 288 g/mol. The van der Waals surface area contributed by atoms with Gasteiger partial charge in [0, 0.05) is 6.54 Å². The van der Waals surface area contributed by atoms with Crippen molar-refractivity contribution >= 4 is 16.8 Å². The molecule has 1 saturated heterocycles. The SMILES string of the molecule is C=C1/C=C\C=C/CN=C(SC)/C(CCN2CCCC2)=C\1. The minimum atomic E-state index is 0.758. The molecule has 0 radical (unpaired) electrons. The summed E-state index contributed by atoms with van der Waals surface area (Å²) in [6, 6.07) is 0. The maximum absolute atomic E-state index is 4.70. The smallest absolute Gasteiger partial charge is 0.0938 e. The van der Waals surface area contributed by atoms with Gasteiger partial charge >= 0.3 is 0 Å². The van der Waals surface area contributed by atoms with Gasteiger partial charge < -0.3 is 4.90 Å². The topological polar surface area (TPSA) is 15.6 Å². The summed E-state index contributed by atoms with van der Waals surface area (Å²) in [4.78, 5) is 7.25. The average molecular weight is 288 g/mol. The van der Waals surface area contributed by atoms with Gasteiger partial charge in [-0.2, -0.15) is 0 Å². The highest BCUT2D eigenvalue weighted by molar-refractivity contribution is 8.13. The van der Waals surface area contributed by atoms with E-state index in [4.69, 9.17) is 4.99 Å². The third-order valence-electron chi connectivity index (χ3n) is 3.62. The second-order valence-electron chi connectivity index (χ2n) is 5.18. The molecule has 0 aliphatic carbocycles. The summed E-state index contributed by atoms with van der Waals surface area (Å²) in [5, 5.41) is 1.16. The molecule has 1 fully saturated rings. The van der Waals surface area contributed by atoms with E-state index >= 15 is 0 Å². The second-order valence-corrected chi connectivity index (χ2v) is 5.98. The van der Waals surface area contributed by atoms with E-state index in [1.165, 1.54) is 31.5 Å². The Hall–Kier alpha value is -1.06. The molecule has 2 nitrogen and oxygen atoms in total. The second kappa shape index (κ2) is 8.28. The molecule has 0 amide bonds. The van der Waals surface area contributed by atoms with Gasteiger partial charge in [-0.25, -0.2) is 0 Å². The summed E-state index contributed by atoms with van der Waals surface area (Å²) < 4.78 is 0. The Kier molecular flexibility index (Phi) is 6.34. The standard InChI is InChI=1S/C17H24N2S/c1-15-8-4-3-5-10-18-17(20-2)16(14-15)9-13-19-11-6-7-12-19/h3-5,8,14H,1,6-7,9-13H2,2H3/b5-3-,8-4-,16-14-,18-17?. The fourth-order valence-corrected chi connectivity index (χ4v) is 3.18. The molecule has 0 aromatic rings. The van der Waals surface area contributed by atoms with Crippen molar-refractivity contribution in [3.63, 3.8) is 0 Å². The van der Waals surface area contributed by atoms with Crippen molar-refractivity contribution in [1.82, 2.24) is 4.90 Å². The Bertz CT molecular complexity index is 452. The van der Waals surface area contributed by atoms with Crippen LogP contribution in [0.2, 0.25) is 0 Å². The lowest BCUT2D eigenvalue weighted by Crippen LogP contribution is -2.21. The quantitative estimate of drug-likeness (QED) is 0.784. The summed E-state index contributed by atoms with van der Waals surface area (Å²) in [6.07, 6.45) is 16.3. The zero-order chi connectivity index (χ0) is 14.2. The first kappa shape index (κ1) is 15.3. The van der Waals surface area contributed by atoms with E-state index in [9.17, 15) is 0 Å². The fraction of sp³-hybridized carbons (Fsp3) is 0.471. The number of likely N-dealkylation sites (tertiary alicyclic amines) is 1. The Morgan fingerprint density at radius 3 is 2.85 bits per heavy atom. The molecule has 2 aliphatic heterocycles. The van der Waals surface area contributed by atoms with Crippen LogP contribution >= 0.6 is 11.8 Å².